The molecule has 1 saturated carbocycles. The highest BCUT2D eigenvalue weighted by atomic mass is 79.9. The Hall–Kier alpha value is -0.940. The lowest BCUT2D eigenvalue weighted by Gasteiger charge is -2.25. The Morgan fingerprint density at radius 1 is 1.35 bits per heavy atom. The fourth-order valence-electron chi connectivity index (χ4n) is 1.99. The first-order valence-corrected chi connectivity index (χ1v) is 6.55. The molecule has 1 aliphatic carbocycles. The average Bonchev–Trinajstić information content (AvgIpc) is 2.33. The van der Waals surface area contributed by atoms with Crippen LogP contribution in [-0.2, 0) is 0 Å². The molecule has 2 rings (SSSR count). The summed E-state index contributed by atoms with van der Waals surface area (Å²) in [5, 5.41) is 12.3. The molecule has 0 atom stereocenters. The molecule has 4 nitrogen and oxygen atoms in total. The van der Waals surface area contributed by atoms with E-state index in [-0.39, 0.29) is 18.1 Å². The molecule has 5 heteroatoms. The number of nitrogens with one attached hydrogen (secondary N) is 1. The molecule has 0 aromatic carbocycles. The third kappa shape index (κ3) is 3.51. The number of hydrogen-bond acceptors (Lipinski definition) is 3. The summed E-state index contributed by atoms with van der Waals surface area (Å²) in [7, 11) is 0. The summed E-state index contributed by atoms with van der Waals surface area (Å²) >= 11 is 3.28. The molecule has 1 heterocycles. The molecular weight excluding hydrogens is 284 g/mol. The van der Waals surface area contributed by atoms with Crippen molar-refractivity contribution in [3.63, 3.8) is 0 Å². The van der Waals surface area contributed by atoms with Gasteiger partial charge in [0.05, 0.1) is 6.10 Å². The molecule has 1 fully saturated rings. The maximum absolute atomic E-state index is 11.9. The highest BCUT2D eigenvalue weighted by Gasteiger charge is 2.21. The fourth-order valence-corrected chi connectivity index (χ4v) is 2.22. The van der Waals surface area contributed by atoms with Crippen molar-refractivity contribution >= 4 is 21.8 Å². The molecule has 17 heavy (non-hydrogen) atoms. The molecule has 0 bridgehead atoms. The first-order valence-electron chi connectivity index (χ1n) is 5.75. The topological polar surface area (TPSA) is 62.2 Å². The van der Waals surface area contributed by atoms with Crippen LogP contribution in [0.15, 0.2) is 22.8 Å². The van der Waals surface area contributed by atoms with Crippen molar-refractivity contribution in [3.05, 3.63) is 28.5 Å². The van der Waals surface area contributed by atoms with Crippen LogP contribution in [-0.4, -0.2) is 28.1 Å². The van der Waals surface area contributed by atoms with E-state index < -0.39 is 0 Å². The van der Waals surface area contributed by atoms with Gasteiger partial charge in [-0.15, -0.1) is 0 Å². The van der Waals surface area contributed by atoms with E-state index in [1.54, 1.807) is 18.3 Å². The van der Waals surface area contributed by atoms with Crippen LogP contribution >= 0.6 is 15.9 Å². The number of pyridine rings is 1. The van der Waals surface area contributed by atoms with Crippen LogP contribution in [0.3, 0.4) is 0 Å². The second-order valence-electron chi connectivity index (χ2n) is 4.34. The first-order chi connectivity index (χ1) is 8.15. The lowest BCUT2D eigenvalue weighted by atomic mass is 9.93. The summed E-state index contributed by atoms with van der Waals surface area (Å²) in [4.78, 5) is 15.9. The molecule has 0 radical (unpaired) electrons. The molecule has 92 valence electrons. The van der Waals surface area contributed by atoms with Gasteiger partial charge in [-0.05, 0) is 53.7 Å². The number of carbonyl (C=O) groups is 1. The summed E-state index contributed by atoms with van der Waals surface area (Å²) in [6, 6.07) is 3.65. The monoisotopic (exact) mass is 298 g/mol. The summed E-state index contributed by atoms with van der Waals surface area (Å²) in [6.45, 7) is 0. The van der Waals surface area contributed by atoms with Crippen molar-refractivity contribution in [2.75, 3.05) is 0 Å². The number of aliphatic hydroxyl groups is 1. The number of carbonyl (C=O) groups excluding carboxylic acids is 1. The van der Waals surface area contributed by atoms with Gasteiger partial charge in [-0.1, -0.05) is 0 Å². The predicted molar refractivity (Wildman–Crippen MR) is 67.7 cm³/mol. The van der Waals surface area contributed by atoms with E-state index in [2.05, 4.69) is 26.2 Å². The molecule has 0 aliphatic heterocycles. The van der Waals surface area contributed by atoms with Crippen molar-refractivity contribution in [2.45, 2.75) is 37.8 Å². The van der Waals surface area contributed by atoms with Gasteiger partial charge in [0.1, 0.15) is 5.69 Å². The first kappa shape index (κ1) is 12.5. The molecule has 0 spiro atoms. The number of halogens is 1. The van der Waals surface area contributed by atoms with E-state index >= 15 is 0 Å². The third-order valence-electron chi connectivity index (χ3n) is 2.99. The van der Waals surface area contributed by atoms with Crippen molar-refractivity contribution in [2.24, 2.45) is 0 Å². The SMILES string of the molecule is O=C(NC1CCC(O)CC1)c1ccc(Br)cn1. The summed E-state index contributed by atoms with van der Waals surface area (Å²) in [5.41, 5.74) is 0.430. The molecule has 0 saturated heterocycles. The van der Waals surface area contributed by atoms with Crippen LogP contribution in [0.5, 0.6) is 0 Å². The normalized spacial score (nSPS) is 24.4. The van der Waals surface area contributed by atoms with Gasteiger partial charge in [0, 0.05) is 16.7 Å². The van der Waals surface area contributed by atoms with Gasteiger partial charge < -0.3 is 10.4 Å². The quantitative estimate of drug-likeness (QED) is 0.876. The molecule has 0 unspecified atom stereocenters. The van der Waals surface area contributed by atoms with Crippen molar-refractivity contribution < 1.29 is 9.90 Å². The second kappa shape index (κ2) is 5.60. The fraction of sp³-hybridized carbons (Fsp3) is 0.500. The number of amides is 1. The van der Waals surface area contributed by atoms with Gasteiger partial charge in [0.2, 0.25) is 0 Å². The van der Waals surface area contributed by atoms with Crippen molar-refractivity contribution in [3.8, 4) is 0 Å². The largest absolute Gasteiger partial charge is 0.393 e. The maximum atomic E-state index is 11.9. The van der Waals surface area contributed by atoms with E-state index in [0.29, 0.717) is 5.69 Å². The number of nitrogens with zero attached hydrogens (tertiary/aromatic N) is 1. The Kier molecular flexibility index (Phi) is 4.12. The Morgan fingerprint density at radius 3 is 2.65 bits per heavy atom. The smallest absolute Gasteiger partial charge is 0.270 e. The molecule has 1 aliphatic rings. The van der Waals surface area contributed by atoms with Crippen LogP contribution in [0.25, 0.3) is 0 Å². The molecule has 1 amide bonds. The lowest BCUT2D eigenvalue weighted by Crippen LogP contribution is -2.38. The van der Waals surface area contributed by atoms with Gasteiger partial charge in [0.25, 0.3) is 5.91 Å². The van der Waals surface area contributed by atoms with E-state index in [1.165, 1.54) is 0 Å². The van der Waals surface area contributed by atoms with Crippen LogP contribution < -0.4 is 5.32 Å². The van der Waals surface area contributed by atoms with E-state index in [4.69, 9.17) is 0 Å². The minimum absolute atomic E-state index is 0.140. The lowest BCUT2D eigenvalue weighted by molar-refractivity contribution is 0.0863. The molecule has 1 aromatic rings. The number of aliphatic hydroxyl groups excluding tert-OH is 1. The third-order valence-corrected chi connectivity index (χ3v) is 3.46. The zero-order chi connectivity index (χ0) is 12.3. The van der Waals surface area contributed by atoms with Gasteiger partial charge in [-0.2, -0.15) is 0 Å². The zero-order valence-corrected chi connectivity index (χ0v) is 11.0. The number of rotatable bonds is 2. The molecule has 2 N–H and O–H groups in total. The minimum Gasteiger partial charge on any atom is -0.393 e. The second-order valence-corrected chi connectivity index (χ2v) is 5.26. The van der Waals surface area contributed by atoms with Crippen LogP contribution in [0.2, 0.25) is 0 Å². The highest BCUT2D eigenvalue weighted by Crippen LogP contribution is 2.18. The Morgan fingerprint density at radius 2 is 2.06 bits per heavy atom. The van der Waals surface area contributed by atoms with E-state index in [1.807, 2.05) is 0 Å². The summed E-state index contributed by atoms with van der Waals surface area (Å²) in [5.74, 6) is -0.140. The Balaban J connectivity index is 1.91. The van der Waals surface area contributed by atoms with Crippen LogP contribution in [0.4, 0.5) is 0 Å². The summed E-state index contributed by atoms with van der Waals surface area (Å²) in [6.07, 6.45) is 4.61. The molecular formula is C12H15BrN2O2. The van der Waals surface area contributed by atoms with Gasteiger partial charge in [0.15, 0.2) is 0 Å². The van der Waals surface area contributed by atoms with Gasteiger partial charge in [-0.25, -0.2) is 4.98 Å². The molecule has 1 aromatic heterocycles. The number of hydrogen-bond donors (Lipinski definition) is 2. The van der Waals surface area contributed by atoms with Crippen LogP contribution in [0, 0.1) is 0 Å². The Bertz CT molecular complexity index is 386. The van der Waals surface area contributed by atoms with Crippen molar-refractivity contribution in [1.29, 1.82) is 0 Å². The average molecular weight is 299 g/mol. The van der Waals surface area contributed by atoms with Gasteiger partial charge >= 0.3 is 0 Å². The summed E-state index contributed by atoms with van der Waals surface area (Å²) < 4.78 is 0.856. The standard InChI is InChI=1S/C12H15BrN2O2/c13-8-1-6-11(14-7-8)12(17)15-9-2-4-10(16)5-3-9/h1,6-7,9-10,16H,2-5H2,(H,15,17). The van der Waals surface area contributed by atoms with E-state index in [0.717, 1.165) is 30.2 Å². The van der Waals surface area contributed by atoms with E-state index in [9.17, 15) is 9.90 Å². The van der Waals surface area contributed by atoms with Crippen LogP contribution in [0.1, 0.15) is 36.2 Å². The minimum atomic E-state index is -0.200. The number of aromatic nitrogens is 1. The highest BCUT2D eigenvalue weighted by molar-refractivity contribution is 9.10. The van der Waals surface area contributed by atoms with Crippen molar-refractivity contribution in [1.82, 2.24) is 10.3 Å². The zero-order valence-electron chi connectivity index (χ0n) is 9.40. The predicted octanol–water partition coefficient (Wildman–Crippen LogP) is 1.88. The Labute approximate surface area is 109 Å². The maximum Gasteiger partial charge on any atom is 0.270 e. The van der Waals surface area contributed by atoms with Gasteiger partial charge in [-0.3, -0.25) is 4.79 Å².